The van der Waals surface area contributed by atoms with E-state index in [1.807, 2.05) is 0 Å². The first-order chi connectivity index (χ1) is 41.6. The largest absolute Gasteiger partial charge is 0.472 e. The van der Waals surface area contributed by atoms with E-state index < -0.39 is 97.5 Å². The normalized spacial score (nSPS) is 14.5. The van der Waals surface area contributed by atoms with Crippen LogP contribution in [0.5, 0.6) is 0 Å². The van der Waals surface area contributed by atoms with Gasteiger partial charge >= 0.3 is 39.5 Å². The summed E-state index contributed by atoms with van der Waals surface area (Å²) in [5, 5.41) is 10.5. The first-order valence-electron chi connectivity index (χ1n) is 35.2. The van der Waals surface area contributed by atoms with Crippen LogP contribution in [-0.4, -0.2) is 96.7 Å². The van der Waals surface area contributed by atoms with Crippen molar-refractivity contribution in [2.24, 2.45) is 5.92 Å². The summed E-state index contributed by atoms with van der Waals surface area (Å²) in [6.45, 7) is 7.08. The zero-order chi connectivity index (χ0) is 63.5. The summed E-state index contributed by atoms with van der Waals surface area (Å²) < 4.78 is 67.9. The van der Waals surface area contributed by atoms with Gasteiger partial charge < -0.3 is 33.8 Å². The number of rotatable bonds is 67. The molecule has 0 saturated carbocycles. The maximum Gasteiger partial charge on any atom is 0.472 e. The Kier molecular flexibility index (Phi) is 59.2. The molecule has 3 unspecified atom stereocenters. The Labute approximate surface area is 524 Å². The zero-order valence-corrected chi connectivity index (χ0v) is 57.2. The topological polar surface area (TPSA) is 237 Å². The number of carbonyl (C=O) groups excluding carboxylic acids is 4. The van der Waals surface area contributed by atoms with Gasteiger partial charge in [0.2, 0.25) is 0 Å². The number of hydrogen-bond acceptors (Lipinski definition) is 15. The molecule has 0 aromatic rings. The van der Waals surface area contributed by atoms with Crippen LogP contribution in [0.1, 0.15) is 343 Å². The molecule has 0 fully saturated rings. The van der Waals surface area contributed by atoms with E-state index in [2.05, 4.69) is 34.6 Å². The van der Waals surface area contributed by atoms with E-state index in [0.717, 1.165) is 102 Å². The van der Waals surface area contributed by atoms with Gasteiger partial charge in [-0.3, -0.25) is 37.3 Å². The quantitative estimate of drug-likeness (QED) is 0.0222. The summed E-state index contributed by atoms with van der Waals surface area (Å²) in [6, 6.07) is 0. The van der Waals surface area contributed by atoms with Gasteiger partial charge in [0, 0.05) is 25.7 Å². The Bertz CT molecular complexity index is 1670. The van der Waals surface area contributed by atoms with Crippen molar-refractivity contribution in [3.63, 3.8) is 0 Å². The maximum absolute atomic E-state index is 13.0. The highest BCUT2D eigenvalue weighted by Gasteiger charge is 2.30. The lowest BCUT2D eigenvalue weighted by atomic mass is 10.00. The molecule has 0 spiro atoms. The molecule has 0 amide bonds. The van der Waals surface area contributed by atoms with E-state index >= 15 is 0 Å². The molecule has 0 aromatic carbocycles. The van der Waals surface area contributed by atoms with Crippen LogP contribution in [0.25, 0.3) is 0 Å². The molecule has 3 N–H and O–H groups in total. The average Bonchev–Trinajstić information content (AvgIpc) is 3.60. The second-order valence-electron chi connectivity index (χ2n) is 24.5. The number of phosphoric ester groups is 2. The van der Waals surface area contributed by atoms with Gasteiger partial charge in [0.05, 0.1) is 26.4 Å². The predicted molar refractivity (Wildman–Crippen MR) is 345 cm³/mol. The number of esters is 4. The highest BCUT2D eigenvalue weighted by Crippen LogP contribution is 2.45. The molecule has 0 aliphatic rings. The molecule has 0 saturated heterocycles. The van der Waals surface area contributed by atoms with Crippen molar-refractivity contribution in [1.29, 1.82) is 0 Å². The number of unbranched alkanes of at least 4 members (excludes halogenated alkanes) is 38. The van der Waals surface area contributed by atoms with Crippen LogP contribution in [0.4, 0.5) is 0 Å². The van der Waals surface area contributed by atoms with Gasteiger partial charge in [-0.25, -0.2) is 9.13 Å². The second kappa shape index (κ2) is 60.6. The second-order valence-corrected chi connectivity index (χ2v) is 27.4. The van der Waals surface area contributed by atoms with Crippen LogP contribution >= 0.6 is 15.6 Å². The summed E-state index contributed by atoms with van der Waals surface area (Å²) in [5.41, 5.74) is 0. The summed E-state index contributed by atoms with van der Waals surface area (Å²) in [4.78, 5) is 72.1. The van der Waals surface area contributed by atoms with E-state index in [0.29, 0.717) is 25.7 Å². The fourth-order valence-electron chi connectivity index (χ4n) is 10.1. The lowest BCUT2D eigenvalue weighted by molar-refractivity contribution is -0.161. The number of hydrogen-bond donors (Lipinski definition) is 3. The maximum atomic E-state index is 13.0. The molecule has 0 aliphatic heterocycles. The molecule has 19 heteroatoms. The standard InChI is InChI=1S/C67H130O17P2/c1-6-10-13-16-18-20-22-24-25-26-27-28-29-30-32-34-36-42-47-52-66(71)83-63(57-78-65(70)51-46-41-35-33-31-23-21-19-17-14-11-7-2)59-82-86(75,76)80-55-61(68)54-79-85(73,74)81-58-62(56-77-64(69)50-45-39-15-12-8-3)84-67(72)53-48-43-38-37-40-44-49-60(5)9-4/h60-63,68H,6-59H2,1-5H3,(H,73,74)(H,75,76)/t60?,61-,62+,63+/m0/s1. The van der Waals surface area contributed by atoms with E-state index in [1.165, 1.54) is 161 Å². The Morgan fingerprint density at radius 1 is 0.326 bits per heavy atom. The van der Waals surface area contributed by atoms with Crippen molar-refractivity contribution < 1.29 is 80.2 Å². The van der Waals surface area contributed by atoms with E-state index in [9.17, 15) is 43.2 Å². The highest BCUT2D eigenvalue weighted by molar-refractivity contribution is 7.47. The molecule has 0 rings (SSSR count). The van der Waals surface area contributed by atoms with Crippen molar-refractivity contribution in [2.45, 2.75) is 361 Å². The van der Waals surface area contributed by atoms with Crippen LogP contribution in [0.2, 0.25) is 0 Å². The SMILES string of the molecule is CCCCCCCCCCCCCCCCCCCCCC(=O)O[C@H](COC(=O)CCCCCCCCCCCCCC)COP(=O)(O)OC[C@@H](O)COP(=O)(O)OC[C@@H](COC(=O)CCCCCCC)OC(=O)CCCCCCCCC(C)CC. The van der Waals surface area contributed by atoms with E-state index in [4.69, 9.17) is 37.0 Å². The van der Waals surface area contributed by atoms with Crippen molar-refractivity contribution >= 4 is 39.5 Å². The molecule has 86 heavy (non-hydrogen) atoms. The fourth-order valence-corrected chi connectivity index (χ4v) is 11.7. The van der Waals surface area contributed by atoms with Crippen molar-refractivity contribution in [2.75, 3.05) is 39.6 Å². The Morgan fingerprint density at radius 3 is 0.826 bits per heavy atom. The first-order valence-corrected chi connectivity index (χ1v) is 38.2. The Morgan fingerprint density at radius 2 is 0.558 bits per heavy atom. The number of aliphatic hydroxyl groups is 1. The molecule has 0 heterocycles. The average molecular weight is 1270 g/mol. The highest BCUT2D eigenvalue weighted by atomic mass is 31.2. The van der Waals surface area contributed by atoms with Crippen LogP contribution < -0.4 is 0 Å². The van der Waals surface area contributed by atoms with Gasteiger partial charge in [0.15, 0.2) is 12.2 Å². The zero-order valence-electron chi connectivity index (χ0n) is 55.4. The van der Waals surface area contributed by atoms with Gasteiger partial charge in [-0.15, -0.1) is 0 Å². The van der Waals surface area contributed by atoms with Gasteiger partial charge in [-0.1, -0.05) is 291 Å². The number of phosphoric acid groups is 2. The molecule has 17 nitrogen and oxygen atoms in total. The molecule has 510 valence electrons. The third kappa shape index (κ3) is 59.7. The monoisotopic (exact) mass is 1270 g/mol. The van der Waals surface area contributed by atoms with Gasteiger partial charge in [0.25, 0.3) is 0 Å². The minimum atomic E-state index is -4.95. The lowest BCUT2D eigenvalue weighted by Gasteiger charge is -2.21. The first kappa shape index (κ1) is 84.1. The van der Waals surface area contributed by atoms with Crippen LogP contribution in [0.3, 0.4) is 0 Å². The summed E-state index contributed by atoms with van der Waals surface area (Å²) in [5.74, 6) is -1.42. The van der Waals surface area contributed by atoms with Gasteiger partial charge in [-0.05, 0) is 31.6 Å². The summed E-state index contributed by atoms with van der Waals surface area (Å²) in [7, 11) is -9.88. The summed E-state index contributed by atoms with van der Waals surface area (Å²) in [6.07, 6.45) is 46.3. The number of aliphatic hydroxyl groups excluding tert-OH is 1. The number of ether oxygens (including phenoxy) is 4. The molecule has 0 bridgehead atoms. The minimum absolute atomic E-state index is 0.102. The molecular weight excluding hydrogens is 1140 g/mol. The Hall–Kier alpha value is -1.94. The van der Waals surface area contributed by atoms with Gasteiger partial charge in [0.1, 0.15) is 19.3 Å². The van der Waals surface area contributed by atoms with Crippen molar-refractivity contribution in [3.05, 3.63) is 0 Å². The Balaban J connectivity index is 5.13. The van der Waals surface area contributed by atoms with Crippen LogP contribution in [-0.2, 0) is 65.4 Å². The predicted octanol–water partition coefficient (Wildman–Crippen LogP) is 19.0. The van der Waals surface area contributed by atoms with Gasteiger partial charge in [-0.2, -0.15) is 0 Å². The van der Waals surface area contributed by atoms with E-state index in [-0.39, 0.29) is 25.7 Å². The molecular formula is C67H130O17P2. The fraction of sp³-hybridized carbons (Fsp3) is 0.940. The third-order valence-corrected chi connectivity index (χ3v) is 17.8. The van der Waals surface area contributed by atoms with Crippen LogP contribution in [0, 0.1) is 5.92 Å². The van der Waals surface area contributed by atoms with Crippen molar-refractivity contribution in [1.82, 2.24) is 0 Å². The summed E-state index contributed by atoms with van der Waals surface area (Å²) >= 11 is 0. The third-order valence-electron chi connectivity index (χ3n) is 15.9. The minimum Gasteiger partial charge on any atom is -0.462 e. The smallest absolute Gasteiger partial charge is 0.462 e. The lowest BCUT2D eigenvalue weighted by Crippen LogP contribution is -2.30. The molecule has 0 radical (unpaired) electrons. The van der Waals surface area contributed by atoms with Crippen molar-refractivity contribution in [3.8, 4) is 0 Å². The van der Waals surface area contributed by atoms with Crippen LogP contribution in [0.15, 0.2) is 0 Å². The molecule has 0 aromatic heterocycles. The molecule has 0 aliphatic carbocycles. The molecule has 6 atom stereocenters. The number of carbonyl (C=O) groups is 4. The van der Waals surface area contributed by atoms with E-state index in [1.54, 1.807) is 0 Å².